The minimum Gasteiger partial charge on any atom is -0.380 e. The predicted octanol–water partition coefficient (Wildman–Crippen LogP) is 2.54. The molecule has 0 aliphatic rings. The Bertz CT molecular complexity index is 453. The van der Waals surface area contributed by atoms with Crippen molar-refractivity contribution in [3.05, 3.63) is 35.2 Å². The lowest BCUT2D eigenvalue weighted by atomic mass is 10.1. The molecule has 0 bridgehead atoms. The average molecular weight is 220 g/mol. The van der Waals surface area contributed by atoms with Crippen LogP contribution < -0.4 is 5.73 Å². The van der Waals surface area contributed by atoms with Gasteiger partial charge in [-0.3, -0.25) is 0 Å². The summed E-state index contributed by atoms with van der Waals surface area (Å²) < 4.78 is 5.08. The molecule has 0 aliphatic heterocycles. The summed E-state index contributed by atoms with van der Waals surface area (Å²) in [5.74, 6) is 0. The Labute approximate surface area is 92.5 Å². The molecule has 0 amide bonds. The molecule has 0 atom stereocenters. The lowest BCUT2D eigenvalue weighted by Gasteiger charge is -2.01. The van der Waals surface area contributed by atoms with E-state index in [9.17, 15) is 0 Å². The molecule has 0 radical (unpaired) electrons. The molecule has 2 rings (SSSR count). The van der Waals surface area contributed by atoms with E-state index >= 15 is 0 Å². The van der Waals surface area contributed by atoms with E-state index in [-0.39, 0.29) is 0 Å². The van der Waals surface area contributed by atoms with Crippen LogP contribution in [0.2, 0.25) is 0 Å². The second-order valence-corrected chi connectivity index (χ2v) is 4.09. The Morgan fingerprint density at radius 3 is 3.00 bits per heavy atom. The third-order valence-corrected chi connectivity index (χ3v) is 2.73. The van der Waals surface area contributed by atoms with Crippen molar-refractivity contribution in [1.29, 1.82) is 0 Å². The number of thiazole rings is 1. The standard InChI is InChI=1S/C11H12N2OS/c1-14-6-8-3-2-4-9(5-8)10-7-15-11(12)13-10/h2-5,7H,6H2,1H3,(H2,12,13). The number of aromatic nitrogens is 1. The highest BCUT2D eigenvalue weighted by atomic mass is 32.1. The Morgan fingerprint density at radius 2 is 2.33 bits per heavy atom. The van der Waals surface area contributed by atoms with E-state index in [2.05, 4.69) is 11.1 Å². The van der Waals surface area contributed by atoms with Crippen LogP contribution in [0.25, 0.3) is 11.3 Å². The van der Waals surface area contributed by atoms with E-state index in [1.807, 2.05) is 23.6 Å². The largest absolute Gasteiger partial charge is 0.380 e. The van der Waals surface area contributed by atoms with Gasteiger partial charge in [0.05, 0.1) is 12.3 Å². The summed E-state index contributed by atoms with van der Waals surface area (Å²) in [7, 11) is 1.69. The Balaban J connectivity index is 2.32. The summed E-state index contributed by atoms with van der Waals surface area (Å²) in [4.78, 5) is 4.24. The fourth-order valence-electron chi connectivity index (χ4n) is 1.41. The maximum absolute atomic E-state index is 5.60. The van der Waals surface area contributed by atoms with Gasteiger partial charge in [-0.1, -0.05) is 18.2 Å². The Hall–Kier alpha value is -1.39. The second-order valence-electron chi connectivity index (χ2n) is 3.20. The van der Waals surface area contributed by atoms with Crippen molar-refractivity contribution in [2.75, 3.05) is 12.8 Å². The van der Waals surface area contributed by atoms with Gasteiger partial charge in [0, 0.05) is 18.1 Å². The minimum atomic E-state index is 0.599. The van der Waals surface area contributed by atoms with Crippen molar-refractivity contribution < 1.29 is 4.74 Å². The van der Waals surface area contributed by atoms with Crippen LogP contribution in [0.4, 0.5) is 5.13 Å². The number of hydrogen-bond donors (Lipinski definition) is 1. The molecular weight excluding hydrogens is 208 g/mol. The SMILES string of the molecule is COCc1cccc(-c2csc(N)n2)c1. The average Bonchev–Trinajstić information content (AvgIpc) is 2.66. The molecule has 2 N–H and O–H groups in total. The van der Waals surface area contributed by atoms with Crippen LogP contribution in [0.5, 0.6) is 0 Å². The summed E-state index contributed by atoms with van der Waals surface area (Å²) in [5, 5.41) is 2.56. The van der Waals surface area contributed by atoms with Gasteiger partial charge in [0.2, 0.25) is 0 Å². The number of anilines is 1. The molecule has 0 aliphatic carbocycles. The zero-order chi connectivity index (χ0) is 10.7. The molecule has 1 heterocycles. The van der Waals surface area contributed by atoms with E-state index in [0.717, 1.165) is 16.8 Å². The number of nitrogens with zero attached hydrogens (tertiary/aromatic N) is 1. The fourth-order valence-corrected chi connectivity index (χ4v) is 1.98. The van der Waals surface area contributed by atoms with E-state index in [0.29, 0.717) is 11.7 Å². The molecule has 1 aromatic carbocycles. The third-order valence-electron chi connectivity index (χ3n) is 2.06. The van der Waals surface area contributed by atoms with Crippen LogP contribution >= 0.6 is 11.3 Å². The molecule has 1 aromatic heterocycles. The normalized spacial score (nSPS) is 10.5. The van der Waals surface area contributed by atoms with Gasteiger partial charge in [0.25, 0.3) is 0 Å². The van der Waals surface area contributed by atoms with Gasteiger partial charge in [-0.05, 0) is 11.6 Å². The molecule has 3 nitrogen and oxygen atoms in total. The Morgan fingerprint density at radius 1 is 1.47 bits per heavy atom. The van der Waals surface area contributed by atoms with Crippen molar-refractivity contribution in [3.8, 4) is 11.3 Å². The second kappa shape index (κ2) is 4.42. The summed E-state index contributed by atoms with van der Waals surface area (Å²) in [6, 6.07) is 8.12. The number of ether oxygens (including phenoxy) is 1. The van der Waals surface area contributed by atoms with Crippen LogP contribution in [0.3, 0.4) is 0 Å². The van der Waals surface area contributed by atoms with Gasteiger partial charge in [-0.25, -0.2) is 4.98 Å². The summed E-state index contributed by atoms with van der Waals surface area (Å²) >= 11 is 1.45. The molecule has 0 saturated carbocycles. The van der Waals surface area contributed by atoms with E-state index in [4.69, 9.17) is 10.5 Å². The quantitative estimate of drug-likeness (QED) is 0.864. The van der Waals surface area contributed by atoms with Gasteiger partial charge in [0.15, 0.2) is 5.13 Å². The maximum Gasteiger partial charge on any atom is 0.180 e. The van der Waals surface area contributed by atoms with Gasteiger partial charge in [0.1, 0.15) is 0 Å². The summed E-state index contributed by atoms with van der Waals surface area (Å²) in [5.41, 5.74) is 8.74. The number of nitrogens with two attached hydrogens (primary N) is 1. The van der Waals surface area contributed by atoms with Gasteiger partial charge >= 0.3 is 0 Å². The van der Waals surface area contributed by atoms with Gasteiger partial charge in [-0.2, -0.15) is 0 Å². The van der Waals surface area contributed by atoms with E-state index in [1.165, 1.54) is 11.3 Å². The van der Waals surface area contributed by atoms with Crippen molar-refractivity contribution in [1.82, 2.24) is 4.98 Å². The van der Waals surface area contributed by atoms with Gasteiger partial charge < -0.3 is 10.5 Å². The molecule has 0 saturated heterocycles. The van der Waals surface area contributed by atoms with Crippen LogP contribution in [0, 0.1) is 0 Å². The topological polar surface area (TPSA) is 48.1 Å². The predicted molar refractivity (Wildman–Crippen MR) is 62.7 cm³/mol. The molecular formula is C11H12N2OS. The van der Waals surface area contributed by atoms with Crippen LogP contribution in [-0.2, 0) is 11.3 Å². The van der Waals surface area contributed by atoms with Gasteiger partial charge in [-0.15, -0.1) is 11.3 Å². The van der Waals surface area contributed by atoms with Crippen molar-refractivity contribution in [3.63, 3.8) is 0 Å². The highest BCUT2D eigenvalue weighted by molar-refractivity contribution is 7.13. The lowest BCUT2D eigenvalue weighted by Crippen LogP contribution is -1.88. The summed E-state index contributed by atoms with van der Waals surface area (Å²) in [6.07, 6.45) is 0. The monoisotopic (exact) mass is 220 g/mol. The smallest absolute Gasteiger partial charge is 0.180 e. The molecule has 2 aromatic rings. The number of methoxy groups -OCH3 is 1. The van der Waals surface area contributed by atoms with Crippen LogP contribution in [0.1, 0.15) is 5.56 Å². The minimum absolute atomic E-state index is 0.599. The number of rotatable bonds is 3. The van der Waals surface area contributed by atoms with Crippen molar-refractivity contribution >= 4 is 16.5 Å². The number of benzene rings is 1. The molecule has 0 spiro atoms. The first-order chi connectivity index (χ1) is 7.29. The van der Waals surface area contributed by atoms with Crippen LogP contribution in [0.15, 0.2) is 29.6 Å². The van der Waals surface area contributed by atoms with E-state index < -0.39 is 0 Å². The molecule has 4 heteroatoms. The number of nitrogen functional groups attached to an aromatic ring is 1. The third kappa shape index (κ3) is 2.34. The molecule has 0 fully saturated rings. The fraction of sp³-hybridized carbons (Fsp3) is 0.182. The lowest BCUT2D eigenvalue weighted by molar-refractivity contribution is 0.185. The number of hydrogen-bond acceptors (Lipinski definition) is 4. The molecule has 78 valence electrons. The maximum atomic E-state index is 5.60. The Kier molecular flexibility index (Phi) is 2.99. The zero-order valence-electron chi connectivity index (χ0n) is 8.43. The van der Waals surface area contributed by atoms with Crippen LogP contribution in [-0.4, -0.2) is 12.1 Å². The first kappa shape index (κ1) is 10.1. The molecule has 0 unspecified atom stereocenters. The van der Waals surface area contributed by atoms with Crippen molar-refractivity contribution in [2.24, 2.45) is 0 Å². The first-order valence-corrected chi connectivity index (χ1v) is 5.47. The van der Waals surface area contributed by atoms with E-state index in [1.54, 1.807) is 7.11 Å². The summed E-state index contributed by atoms with van der Waals surface area (Å²) in [6.45, 7) is 0.619. The molecule has 15 heavy (non-hydrogen) atoms. The zero-order valence-corrected chi connectivity index (χ0v) is 9.25. The van der Waals surface area contributed by atoms with Crippen molar-refractivity contribution in [2.45, 2.75) is 6.61 Å². The highest BCUT2D eigenvalue weighted by Crippen LogP contribution is 2.23. The highest BCUT2D eigenvalue weighted by Gasteiger charge is 2.02. The first-order valence-electron chi connectivity index (χ1n) is 4.59.